The summed E-state index contributed by atoms with van der Waals surface area (Å²) in [5.74, 6) is -0.906. The predicted octanol–water partition coefficient (Wildman–Crippen LogP) is 6.15. The van der Waals surface area contributed by atoms with Gasteiger partial charge in [0.05, 0.1) is 0 Å². The van der Waals surface area contributed by atoms with Gasteiger partial charge in [0.2, 0.25) is 0 Å². The highest BCUT2D eigenvalue weighted by molar-refractivity contribution is 5.96. The number of aromatic nitrogens is 2. The van der Waals surface area contributed by atoms with Crippen LogP contribution in [0.4, 0.5) is 0 Å². The summed E-state index contributed by atoms with van der Waals surface area (Å²) in [5.41, 5.74) is 7.60. The molecule has 0 aliphatic heterocycles. The first-order valence-electron chi connectivity index (χ1n) is 12.6. The van der Waals surface area contributed by atoms with E-state index in [4.69, 9.17) is 0 Å². The second-order valence-electron chi connectivity index (χ2n) is 10.7. The zero-order chi connectivity index (χ0) is 27.4. The molecule has 0 saturated heterocycles. The van der Waals surface area contributed by atoms with Crippen molar-refractivity contribution in [3.63, 3.8) is 0 Å². The van der Waals surface area contributed by atoms with Crippen molar-refractivity contribution in [3.05, 3.63) is 107 Å². The average molecular weight is 508 g/mol. The fourth-order valence-corrected chi connectivity index (χ4v) is 4.14. The number of benzene rings is 3. The maximum absolute atomic E-state index is 12.7. The van der Waals surface area contributed by atoms with Gasteiger partial charge in [-0.15, -0.1) is 0 Å². The lowest BCUT2D eigenvalue weighted by Crippen LogP contribution is -2.42. The predicted molar refractivity (Wildman–Crippen MR) is 150 cm³/mol. The molecule has 2 N–H and O–H groups in total. The van der Waals surface area contributed by atoms with Gasteiger partial charge in [-0.25, -0.2) is 14.8 Å². The number of carbonyl (C=O) groups is 2. The topological polar surface area (TPSA) is 92.2 Å². The normalized spacial score (nSPS) is 12.1. The van der Waals surface area contributed by atoms with Crippen LogP contribution in [0.1, 0.15) is 53.4 Å². The summed E-state index contributed by atoms with van der Waals surface area (Å²) >= 11 is 0. The van der Waals surface area contributed by atoms with Crippen molar-refractivity contribution in [2.75, 3.05) is 0 Å². The number of nitrogens with one attached hydrogen (secondary N) is 1. The van der Waals surface area contributed by atoms with Gasteiger partial charge < -0.3 is 10.4 Å². The Morgan fingerprint density at radius 3 is 1.97 bits per heavy atom. The minimum absolute atomic E-state index is 0.0297. The Balaban J connectivity index is 1.42. The lowest BCUT2D eigenvalue weighted by atomic mass is 9.86. The van der Waals surface area contributed by atoms with Crippen LogP contribution in [-0.4, -0.2) is 33.0 Å². The molecule has 1 heterocycles. The molecule has 6 nitrogen and oxygen atoms in total. The molecule has 1 unspecified atom stereocenters. The van der Waals surface area contributed by atoms with Crippen molar-refractivity contribution in [2.45, 2.75) is 52.5 Å². The SMILES string of the molecule is Cc1ccc(-c2cnc(-c3ccc(CC(NC(=O)c4ccc(C(C)(C)C)cc4)C(=O)O)cc3)nc2)cc1C. The van der Waals surface area contributed by atoms with Crippen molar-refractivity contribution >= 4 is 11.9 Å². The molecule has 6 heteroatoms. The Hall–Kier alpha value is -4.32. The lowest BCUT2D eigenvalue weighted by Gasteiger charge is -2.19. The summed E-state index contributed by atoms with van der Waals surface area (Å²) in [6.07, 6.45) is 3.78. The second-order valence-corrected chi connectivity index (χ2v) is 10.7. The number of rotatable bonds is 7. The van der Waals surface area contributed by atoms with E-state index in [9.17, 15) is 14.7 Å². The number of carboxylic acid groups (broad SMARTS) is 1. The highest BCUT2D eigenvalue weighted by Crippen LogP contribution is 2.24. The molecule has 1 amide bonds. The molecule has 1 aromatic heterocycles. The monoisotopic (exact) mass is 507 g/mol. The van der Waals surface area contributed by atoms with E-state index in [-0.39, 0.29) is 11.8 Å². The van der Waals surface area contributed by atoms with Gasteiger partial charge in [-0.1, -0.05) is 75.4 Å². The van der Waals surface area contributed by atoms with Crippen molar-refractivity contribution in [3.8, 4) is 22.5 Å². The highest BCUT2D eigenvalue weighted by atomic mass is 16.4. The van der Waals surface area contributed by atoms with E-state index in [0.717, 1.165) is 27.8 Å². The molecule has 0 bridgehead atoms. The van der Waals surface area contributed by atoms with Gasteiger partial charge in [0, 0.05) is 35.5 Å². The summed E-state index contributed by atoms with van der Waals surface area (Å²) in [7, 11) is 0. The van der Waals surface area contributed by atoms with Gasteiger partial charge in [-0.3, -0.25) is 4.79 Å². The van der Waals surface area contributed by atoms with Crippen LogP contribution in [0.25, 0.3) is 22.5 Å². The molecule has 0 aliphatic rings. The molecular weight excluding hydrogens is 474 g/mol. The van der Waals surface area contributed by atoms with Gasteiger partial charge in [0.1, 0.15) is 6.04 Å². The maximum Gasteiger partial charge on any atom is 0.326 e. The molecule has 4 rings (SSSR count). The molecule has 0 saturated carbocycles. The van der Waals surface area contributed by atoms with Crippen molar-refractivity contribution < 1.29 is 14.7 Å². The fourth-order valence-electron chi connectivity index (χ4n) is 4.14. The van der Waals surface area contributed by atoms with Crippen molar-refractivity contribution in [1.29, 1.82) is 0 Å². The zero-order valence-electron chi connectivity index (χ0n) is 22.4. The molecule has 0 radical (unpaired) electrons. The smallest absolute Gasteiger partial charge is 0.326 e. The number of carboxylic acids is 1. The molecule has 0 fully saturated rings. The van der Waals surface area contributed by atoms with Crippen LogP contribution < -0.4 is 5.32 Å². The Kier molecular flexibility index (Phi) is 7.72. The summed E-state index contributed by atoms with van der Waals surface area (Å²) in [6.45, 7) is 10.5. The first-order valence-corrected chi connectivity index (χ1v) is 12.6. The van der Waals surface area contributed by atoms with E-state index >= 15 is 0 Å². The number of hydrogen-bond acceptors (Lipinski definition) is 4. The number of nitrogens with zero attached hydrogens (tertiary/aromatic N) is 2. The van der Waals surface area contributed by atoms with Crippen molar-refractivity contribution in [2.24, 2.45) is 0 Å². The number of hydrogen-bond donors (Lipinski definition) is 2. The van der Waals surface area contributed by atoms with Crippen LogP contribution in [0, 0.1) is 13.8 Å². The molecule has 0 spiro atoms. The van der Waals surface area contributed by atoms with E-state index in [0.29, 0.717) is 11.4 Å². The number of carbonyl (C=O) groups excluding carboxylic acids is 1. The number of aliphatic carboxylic acids is 1. The van der Waals surface area contributed by atoms with Crippen LogP contribution in [-0.2, 0) is 16.6 Å². The first kappa shape index (κ1) is 26.7. The lowest BCUT2D eigenvalue weighted by molar-refractivity contribution is -0.139. The van der Waals surface area contributed by atoms with Crippen molar-refractivity contribution in [1.82, 2.24) is 15.3 Å². The summed E-state index contributed by atoms with van der Waals surface area (Å²) < 4.78 is 0. The van der Waals surface area contributed by atoms with E-state index in [1.54, 1.807) is 12.1 Å². The molecule has 4 aromatic rings. The fraction of sp³-hybridized carbons (Fsp3) is 0.250. The Bertz CT molecular complexity index is 1440. The molecule has 3 aromatic carbocycles. The van der Waals surface area contributed by atoms with E-state index < -0.39 is 17.9 Å². The van der Waals surface area contributed by atoms with E-state index in [1.807, 2.05) is 48.8 Å². The third-order valence-corrected chi connectivity index (χ3v) is 6.76. The van der Waals surface area contributed by atoms with E-state index in [2.05, 4.69) is 68.1 Å². The summed E-state index contributed by atoms with van der Waals surface area (Å²) in [6, 6.07) is 19.9. The minimum Gasteiger partial charge on any atom is -0.480 e. The molecule has 1 atom stereocenters. The highest BCUT2D eigenvalue weighted by Gasteiger charge is 2.22. The van der Waals surface area contributed by atoms with E-state index in [1.165, 1.54) is 11.1 Å². The molecule has 38 heavy (non-hydrogen) atoms. The third-order valence-electron chi connectivity index (χ3n) is 6.76. The largest absolute Gasteiger partial charge is 0.480 e. The quantitative estimate of drug-likeness (QED) is 0.313. The van der Waals surface area contributed by atoms with Crippen LogP contribution in [0.5, 0.6) is 0 Å². The Morgan fingerprint density at radius 2 is 1.42 bits per heavy atom. The zero-order valence-corrected chi connectivity index (χ0v) is 22.4. The Morgan fingerprint density at radius 1 is 0.816 bits per heavy atom. The second kappa shape index (κ2) is 11.0. The first-order chi connectivity index (χ1) is 18.0. The standard InChI is InChI=1S/C32H33N3O3/c1-20-6-9-25(16-21(20)2)26-18-33-29(34-19-26)23-10-7-22(8-11-23)17-28(31(37)38)35-30(36)24-12-14-27(15-13-24)32(3,4)5/h6-16,18-19,28H,17H2,1-5H3,(H,35,36)(H,37,38). The van der Waals surface area contributed by atoms with Gasteiger partial charge in [-0.05, 0) is 59.2 Å². The minimum atomic E-state index is -1.08. The number of aryl methyl sites for hydroxylation is 2. The molecule has 0 aliphatic carbocycles. The summed E-state index contributed by atoms with van der Waals surface area (Å²) in [4.78, 5) is 33.7. The van der Waals surface area contributed by atoms with Gasteiger partial charge in [0.15, 0.2) is 5.82 Å². The maximum atomic E-state index is 12.7. The third kappa shape index (κ3) is 6.32. The van der Waals surface area contributed by atoms with Crippen LogP contribution in [0.15, 0.2) is 79.1 Å². The molecular formula is C32H33N3O3. The number of amides is 1. The average Bonchev–Trinajstić information content (AvgIpc) is 2.90. The van der Waals surface area contributed by atoms with Gasteiger partial charge >= 0.3 is 5.97 Å². The van der Waals surface area contributed by atoms with Gasteiger partial charge in [0.25, 0.3) is 5.91 Å². The van der Waals surface area contributed by atoms with Crippen LogP contribution in [0.3, 0.4) is 0 Å². The van der Waals surface area contributed by atoms with Gasteiger partial charge in [-0.2, -0.15) is 0 Å². The molecule has 194 valence electrons. The van der Waals surface area contributed by atoms with Crippen LogP contribution >= 0.6 is 0 Å². The van der Waals surface area contributed by atoms with Crippen LogP contribution in [0.2, 0.25) is 0 Å². The summed E-state index contributed by atoms with van der Waals surface area (Å²) in [5, 5.41) is 12.4. The Labute approximate surface area is 223 Å².